The van der Waals surface area contributed by atoms with Crippen LogP contribution in [0.2, 0.25) is 0 Å². The highest BCUT2D eigenvalue weighted by molar-refractivity contribution is 5.79. The molecule has 1 unspecified atom stereocenters. The molecule has 2 N–H and O–H groups in total. The van der Waals surface area contributed by atoms with Gasteiger partial charge in [0.15, 0.2) is 0 Å². The summed E-state index contributed by atoms with van der Waals surface area (Å²) in [6.45, 7) is 6.68. The summed E-state index contributed by atoms with van der Waals surface area (Å²) in [7, 11) is 0. The summed E-state index contributed by atoms with van der Waals surface area (Å²) in [6, 6.07) is 9.97. The van der Waals surface area contributed by atoms with Crippen LogP contribution < -0.4 is 5.73 Å². The van der Waals surface area contributed by atoms with Crippen molar-refractivity contribution in [3.05, 3.63) is 42.1 Å². The van der Waals surface area contributed by atoms with Gasteiger partial charge in [-0.2, -0.15) is 0 Å². The summed E-state index contributed by atoms with van der Waals surface area (Å²) in [5.74, 6) is 0. The Balaban J connectivity index is 2.36. The summed E-state index contributed by atoms with van der Waals surface area (Å²) in [5.41, 5.74) is 7.94. The number of aromatic nitrogens is 1. The molecule has 2 aromatic rings. The largest absolute Gasteiger partial charge is 0.374 e. The Morgan fingerprint density at radius 3 is 2.83 bits per heavy atom. The Morgan fingerprint density at radius 2 is 2.11 bits per heavy atom. The lowest BCUT2D eigenvalue weighted by atomic mass is 9.92. The summed E-state index contributed by atoms with van der Waals surface area (Å²) in [6.07, 6.45) is 1.80. The molecule has 0 aliphatic heterocycles. The lowest BCUT2D eigenvalue weighted by Gasteiger charge is -2.31. The Bertz CT molecular complexity index is 537. The van der Waals surface area contributed by atoms with E-state index in [0.717, 1.165) is 16.5 Å². The van der Waals surface area contributed by atoms with Crippen molar-refractivity contribution in [1.29, 1.82) is 0 Å². The molecular weight excluding hydrogens is 224 g/mol. The standard InChI is InChI=1S/C15H20N2O/c1-4-18-15(2,3)14(16)12-8-7-11-6-5-9-17-13(11)10-12/h5-10,14H,4,16H2,1-3H3. The molecule has 2 rings (SSSR count). The highest BCUT2D eigenvalue weighted by Crippen LogP contribution is 2.28. The monoisotopic (exact) mass is 244 g/mol. The van der Waals surface area contributed by atoms with E-state index in [1.165, 1.54) is 0 Å². The molecule has 3 heteroatoms. The highest BCUT2D eigenvalue weighted by atomic mass is 16.5. The topological polar surface area (TPSA) is 48.1 Å². The average Bonchev–Trinajstić information content (AvgIpc) is 2.37. The second-order valence-electron chi connectivity index (χ2n) is 4.97. The van der Waals surface area contributed by atoms with Crippen LogP contribution in [0.5, 0.6) is 0 Å². The van der Waals surface area contributed by atoms with Crippen LogP contribution in [-0.4, -0.2) is 17.2 Å². The first kappa shape index (κ1) is 13.0. The van der Waals surface area contributed by atoms with Gasteiger partial charge in [-0.15, -0.1) is 0 Å². The van der Waals surface area contributed by atoms with Gasteiger partial charge in [0.05, 0.1) is 17.2 Å². The molecule has 0 spiro atoms. The molecule has 0 radical (unpaired) electrons. The third-order valence-electron chi connectivity index (χ3n) is 3.25. The molecular formula is C15H20N2O. The van der Waals surface area contributed by atoms with E-state index in [1.54, 1.807) is 6.20 Å². The van der Waals surface area contributed by atoms with Gasteiger partial charge in [0.2, 0.25) is 0 Å². The number of ether oxygens (including phenoxy) is 1. The molecule has 18 heavy (non-hydrogen) atoms. The lowest BCUT2D eigenvalue weighted by Crippen LogP contribution is -2.38. The maximum Gasteiger partial charge on any atom is 0.0818 e. The van der Waals surface area contributed by atoms with Gasteiger partial charge in [-0.1, -0.05) is 18.2 Å². The normalized spacial score (nSPS) is 13.8. The van der Waals surface area contributed by atoms with Gasteiger partial charge in [-0.05, 0) is 38.5 Å². The zero-order valence-electron chi connectivity index (χ0n) is 11.2. The van der Waals surface area contributed by atoms with Gasteiger partial charge in [0.1, 0.15) is 0 Å². The first-order valence-electron chi connectivity index (χ1n) is 6.29. The fourth-order valence-electron chi connectivity index (χ4n) is 2.14. The van der Waals surface area contributed by atoms with Crippen LogP contribution in [-0.2, 0) is 4.74 Å². The maximum atomic E-state index is 6.30. The molecule has 1 atom stereocenters. The van der Waals surface area contributed by atoms with E-state index >= 15 is 0 Å². The predicted octanol–water partition coefficient (Wildman–Crippen LogP) is 3.05. The van der Waals surface area contributed by atoms with Crippen LogP contribution in [0.25, 0.3) is 10.9 Å². The minimum atomic E-state index is -0.378. The molecule has 0 aliphatic rings. The van der Waals surface area contributed by atoms with Gasteiger partial charge >= 0.3 is 0 Å². The Morgan fingerprint density at radius 1 is 1.33 bits per heavy atom. The van der Waals surface area contributed by atoms with Gasteiger partial charge in [-0.3, -0.25) is 4.98 Å². The van der Waals surface area contributed by atoms with Gasteiger partial charge in [0.25, 0.3) is 0 Å². The van der Waals surface area contributed by atoms with Gasteiger partial charge in [-0.25, -0.2) is 0 Å². The molecule has 0 saturated heterocycles. The summed E-state index contributed by atoms with van der Waals surface area (Å²) >= 11 is 0. The van der Waals surface area contributed by atoms with E-state index in [-0.39, 0.29) is 11.6 Å². The molecule has 1 aromatic heterocycles. The molecule has 0 aliphatic carbocycles. The maximum absolute atomic E-state index is 6.30. The Labute approximate surface area is 108 Å². The van der Waals surface area contributed by atoms with Crippen molar-refractivity contribution < 1.29 is 4.74 Å². The number of fused-ring (bicyclic) bond motifs is 1. The van der Waals surface area contributed by atoms with Crippen LogP contribution in [0.4, 0.5) is 0 Å². The first-order chi connectivity index (χ1) is 8.54. The molecule has 0 bridgehead atoms. The van der Waals surface area contributed by atoms with Gasteiger partial charge < -0.3 is 10.5 Å². The number of nitrogens with two attached hydrogens (primary N) is 1. The number of hydrogen-bond acceptors (Lipinski definition) is 3. The quantitative estimate of drug-likeness (QED) is 0.899. The Kier molecular flexibility index (Phi) is 3.64. The predicted molar refractivity (Wildman–Crippen MR) is 74.4 cm³/mol. The molecule has 1 aromatic carbocycles. The van der Waals surface area contributed by atoms with Crippen molar-refractivity contribution in [2.45, 2.75) is 32.4 Å². The fourth-order valence-corrected chi connectivity index (χ4v) is 2.14. The van der Waals surface area contributed by atoms with Crippen molar-refractivity contribution in [3.8, 4) is 0 Å². The highest BCUT2D eigenvalue weighted by Gasteiger charge is 2.28. The van der Waals surface area contributed by atoms with Crippen molar-refractivity contribution in [2.75, 3.05) is 6.61 Å². The second-order valence-corrected chi connectivity index (χ2v) is 4.97. The zero-order valence-corrected chi connectivity index (χ0v) is 11.2. The van der Waals surface area contributed by atoms with Gasteiger partial charge in [0, 0.05) is 18.2 Å². The number of benzene rings is 1. The van der Waals surface area contributed by atoms with Crippen LogP contribution in [0.15, 0.2) is 36.5 Å². The van der Waals surface area contributed by atoms with E-state index in [9.17, 15) is 0 Å². The van der Waals surface area contributed by atoms with Crippen LogP contribution in [0.1, 0.15) is 32.4 Å². The van der Waals surface area contributed by atoms with Crippen molar-refractivity contribution in [3.63, 3.8) is 0 Å². The van der Waals surface area contributed by atoms with Crippen molar-refractivity contribution in [1.82, 2.24) is 4.98 Å². The Hall–Kier alpha value is -1.45. The molecule has 1 heterocycles. The zero-order chi connectivity index (χ0) is 13.2. The molecule has 96 valence electrons. The SMILES string of the molecule is CCOC(C)(C)C(N)c1ccc2cccnc2c1. The van der Waals surface area contributed by atoms with E-state index in [1.807, 2.05) is 39.0 Å². The number of pyridine rings is 1. The number of nitrogens with zero attached hydrogens (tertiary/aromatic N) is 1. The van der Waals surface area contributed by atoms with E-state index in [2.05, 4.69) is 17.1 Å². The third kappa shape index (κ3) is 2.52. The lowest BCUT2D eigenvalue weighted by molar-refractivity contribution is -0.0297. The number of rotatable bonds is 4. The third-order valence-corrected chi connectivity index (χ3v) is 3.25. The van der Waals surface area contributed by atoms with Crippen LogP contribution in [0, 0.1) is 0 Å². The molecule has 0 amide bonds. The average molecular weight is 244 g/mol. The van der Waals surface area contributed by atoms with E-state index < -0.39 is 0 Å². The molecule has 0 saturated carbocycles. The summed E-state index contributed by atoms with van der Waals surface area (Å²) in [5, 5.41) is 1.13. The second kappa shape index (κ2) is 5.04. The smallest absolute Gasteiger partial charge is 0.0818 e. The van der Waals surface area contributed by atoms with Crippen molar-refractivity contribution >= 4 is 10.9 Å². The minimum Gasteiger partial charge on any atom is -0.374 e. The molecule has 3 nitrogen and oxygen atoms in total. The number of hydrogen-bond donors (Lipinski definition) is 1. The summed E-state index contributed by atoms with van der Waals surface area (Å²) in [4.78, 5) is 4.36. The first-order valence-corrected chi connectivity index (χ1v) is 6.29. The summed E-state index contributed by atoms with van der Waals surface area (Å²) < 4.78 is 5.71. The van der Waals surface area contributed by atoms with Crippen LogP contribution >= 0.6 is 0 Å². The minimum absolute atomic E-state index is 0.163. The van der Waals surface area contributed by atoms with E-state index in [0.29, 0.717) is 6.61 Å². The van der Waals surface area contributed by atoms with Crippen LogP contribution in [0.3, 0.4) is 0 Å². The van der Waals surface area contributed by atoms with E-state index in [4.69, 9.17) is 10.5 Å². The molecule has 0 fully saturated rings. The fraction of sp³-hybridized carbons (Fsp3) is 0.400. The van der Waals surface area contributed by atoms with Crippen molar-refractivity contribution in [2.24, 2.45) is 5.73 Å².